The molecule has 2 saturated carbocycles. The maximum absolute atomic E-state index is 14.5. The van der Waals surface area contributed by atoms with Gasteiger partial charge in [-0.25, -0.2) is 13.2 Å². The number of carbonyl (C=O) groups excluding carboxylic acids is 5. The zero-order valence-corrected chi connectivity index (χ0v) is 30.6. The molecule has 2 aliphatic carbocycles. The molecule has 0 spiro atoms. The first-order chi connectivity index (χ1) is 25.0. The fourth-order valence-electron chi connectivity index (χ4n) is 8.33. The molecule has 6 aliphatic rings. The summed E-state index contributed by atoms with van der Waals surface area (Å²) in [5.74, 6) is -2.86. The molecule has 1 aromatic carbocycles. The molecule has 52 heavy (non-hydrogen) atoms. The molecule has 0 bridgehead atoms. The molecule has 0 aromatic heterocycles. The van der Waals surface area contributed by atoms with E-state index in [1.54, 1.807) is 4.90 Å². The number of fused-ring (bicyclic) bond motifs is 3. The lowest BCUT2D eigenvalue weighted by Crippen LogP contribution is -2.57. The molecule has 4 fully saturated rings. The van der Waals surface area contributed by atoms with E-state index in [0.29, 0.717) is 51.9 Å². The van der Waals surface area contributed by atoms with Crippen molar-refractivity contribution < 1.29 is 37.1 Å². The highest BCUT2D eigenvalue weighted by atomic mass is 32.2. The first-order valence-corrected chi connectivity index (χ1v) is 20.7. The number of rotatable bonds is 6. The second-order valence-electron chi connectivity index (χ2n) is 15.5. The van der Waals surface area contributed by atoms with Gasteiger partial charge in [-0.15, -0.1) is 0 Å². The highest BCUT2D eigenvalue weighted by Gasteiger charge is 2.62. The third-order valence-electron chi connectivity index (χ3n) is 11.7. The molecule has 13 nitrogen and oxygen atoms in total. The van der Waals surface area contributed by atoms with Gasteiger partial charge in [-0.2, -0.15) is 0 Å². The second-order valence-corrected chi connectivity index (χ2v) is 17.5. The minimum Gasteiger partial charge on any atom is -0.444 e. The number of benzene rings is 1. The molecule has 5 amide bonds. The van der Waals surface area contributed by atoms with Crippen molar-refractivity contribution >= 4 is 39.7 Å². The highest BCUT2D eigenvalue weighted by Crippen LogP contribution is 2.46. The molecule has 4 aliphatic heterocycles. The molecule has 1 aromatic rings. The lowest BCUT2D eigenvalue weighted by Gasteiger charge is -2.31. The third-order valence-corrected chi connectivity index (χ3v) is 13.6. The summed E-state index contributed by atoms with van der Waals surface area (Å²) in [5, 5.41) is 2.26. The summed E-state index contributed by atoms with van der Waals surface area (Å²) in [7, 11) is -3.87. The zero-order chi connectivity index (χ0) is 36.5. The minimum atomic E-state index is -3.87. The minimum absolute atomic E-state index is 0.0130. The summed E-state index contributed by atoms with van der Waals surface area (Å²) < 4.78 is 33.8. The van der Waals surface area contributed by atoms with Crippen molar-refractivity contribution in [3.63, 3.8) is 0 Å². The number of sulfonamides is 1. The van der Waals surface area contributed by atoms with Crippen LogP contribution in [0, 0.1) is 11.8 Å². The molecule has 2 N–H and O–H groups in total. The molecule has 14 heteroatoms. The standard InChI is InChI=1S/C38H51N5O8S/c44-33(41-18-9-4-10-19-41)21-27-12-5-2-1-3-6-14-29-23-38(29,36(47)40-52(49,50)31-15-16-31)39-34(45)32-22-30(25-43(32)35(27)46)51-37(48)42-20-17-26-11-7-8-13-28(26)24-42/h6-8,11,13-14,27,29-32H,1-5,9-10,12,15-25H2,(H,39,45)(H,40,47)/b14-6-/t27-,29-,30-,32+,38-/m1/s1. The van der Waals surface area contributed by atoms with Gasteiger partial charge in [0.25, 0.3) is 5.91 Å². The number of ether oxygens (including phenoxy) is 1. The van der Waals surface area contributed by atoms with Gasteiger partial charge in [0.1, 0.15) is 17.7 Å². The number of hydrogen-bond donors (Lipinski definition) is 2. The Bertz CT molecular complexity index is 1710. The van der Waals surface area contributed by atoms with Crippen LogP contribution in [0.1, 0.15) is 94.6 Å². The predicted octanol–water partition coefficient (Wildman–Crippen LogP) is 3.17. The number of likely N-dealkylation sites (tertiary alicyclic amines) is 1. The Morgan fingerprint density at radius 3 is 2.44 bits per heavy atom. The van der Waals surface area contributed by atoms with Crippen LogP contribution in [0.3, 0.4) is 0 Å². The first kappa shape index (κ1) is 36.4. The summed E-state index contributed by atoms with van der Waals surface area (Å²) in [6, 6.07) is 6.85. The van der Waals surface area contributed by atoms with Gasteiger partial charge < -0.3 is 24.8 Å². The van der Waals surface area contributed by atoms with E-state index in [-0.39, 0.29) is 37.6 Å². The number of allylic oxidation sites excluding steroid dienone is 1. The number of nitrogens with one attached hydrogen (secondary N) is 2. The van der Waals surface area contributed by atoms with Crippen molar-refractivity contribution in [2.75, 3.05) is 26.2 Å². The quantitative estimate of drug-likeness (QED) is 0.421. The van der Waals surface area contributed by atoms with Gasteiger partial charge in [-0.05, 0) is 75.3 Å². The summed E-state index contributed by atoms with van der Waals surface area (Å²) >= 11 is 0. The molecule has 2 saturated heterocycles. The van der Waals surface area contributed by atoms with E-state index in [9.17, 15) is 32.4 Å². The normalized spacial score (nSPS) is 30.4. The Labute approximate surface area is 305 Å². The summed E-state index contributed by atoms with van der Waals surface area (Å²) in [6.45, 7) is 2.18. The van der Waals surface area contributed by atoms with Crippen LogP contribution in [-0.2, 0) is 46.9 Å². The van der Waals surface area contributed by atoms with Gasteiger partial charge in [0.05, 0.1) is 11.8 Å². The summed E-state index contributed by atoms with van der Waals surface area (Å²) in [6.07, 6.45) is 11.0. The van der Waals surface area contributed by atoms with Gasteiger partial charge in [0, 0.05) is 50.9 Å². The summed E-state index contributed by atoms with van der Waals surface area (Å²) in [4.78, 5) is 74.4. The predicted molar refractivity (Wildman–Crippen MR) is 191 cm³/mol. The van der Waals surface area contributed by atoms with Crippen LogP contribution in [-0.4, -0.2) is 102 Å². The van der Waals surface area contributed by atoms with Crippen LogP contribution in [0.2, 0.25) is 0 Å². The van der Waals surface area contributed by atoms with Crippen LogP contribution >= 0.6 is 0 Å². The molecule has 4 heterocycles. The first-order valence-electron chi connectivity index (χ1n) is 19.2. The fourth-order valence-corrected chi connectivity index (χ4v) is 9.70. The maximum Gasteiger partial charge on any atom is 0.410 e. The van der Waals surface area contributed by atoms with Crippen molar-refractivity contribution in [2.45, 2.75) is 119 Å². The average Bonchev–Trinajstić information content (AvgIpc) is 4.07. The molecular formula is C38H51N5O8S. The molecule has 5 atom stereocenters. The summed E-state index contributed by atoms with van der Waals surface area (Å²) in [5.41, 5.74) is 0.743. The number of hydrogen-bond acceptors (Lipinski definition) is 8. The fraction of sp³-hybridized carbons (Fsp3) is 0.658. The van der Waals surface area contributed by atoms with Crippen LogP contribution in [0.15, 0.2) is 36.4 Å². The van der Waals surface area contributed by atoms with E-state index in [1.807, 2.05) is 41.3 Å². The van der Waals surface area contributed by atoms with Crippen molar-refractivity contribution in [1.82, 2.24) is 24.7 Å². The highest BCUT2D eigenvalue weighted by molar-refractivity contribution is 7.91. The van der Waals surface area contributed by atoms with E-state index >= 15 is 0 Å². The van der Waals surface area contributed by atoms with Gasteiger partial charge in [0.15, 0.2) is 0 Å². The number of nitrogens with zero attached hydrogens (tertiary/aromatic N) is 3. The SMILES string of the molecule is O=C1N[C@]2(C(=O)NS(=O)(=O)C3CC3)C[C@H]2/C=C\CCCCC[C@H](CC(=O)N2CCCCC2)C(=O)N2C[C@H](OC(=O)N3CCc4ccccc4C3)C[C@@H]12. The van der Waals surface area contributed by atoms with Crippen molar-refractivity contribution in [1.29, 1.82) is 0 Å². The van der Waals surface area contributed by atoms with Crippen LogP contribution in [0.25, 0.3) is 0 Å². The van der Waals surface area contributed by atoms with Gasteiger partial charge in [-0.1, -0.05) is 49.3 Å². The Kier molecular flexibility index (Phi) is 10.6. The number of piperidine rings is 1. The van der Waals surface area contributed by atoms with E-state index in [1.165, 1.54) is 10.5 Å². The van der Waals surface area contributed by atoms with Gasteiger partial charge in [0.2, 0.25) is 27.7 Å². The van der Waals surface area contributed by atoms with Crippen LogP contribution in [0.5, 0.6) is 0 Å². The molecule has 7 rings (SSSR count). The maximum atomic E-state index is 14.5. The number of amides is 5. The van der Waals surface area contributed by atoms with E-state index in [4.69, 9.17) is 4.74 Å². The largest absolute Gasteiger partial charge is 0.444 e. The Hall–Kier alpha value is -3.94. The van der Waals surface area contributed by atoms with E-state index in [2.05, 4.69) is 10.0 Å². The van der Waals surface area contributed by atoms with Crippen molar-refractivity contribution in [3.05, 3.63) is 47.5 Å². The van der Waals surface area contributed by atoms with Crippen LogP contribution < -0.4 is 10.0 Å². The molecule has 0 radical (unpaired) electrons. The Morgan fingerprint density at radius 2 is 1.67 bits per heavy atom. The smallest absolute Gasteiger partial charge is 0.410 e. The number of carbonyl (C=O) groups is 5. The lowest BCUT2D eigenvalue weighted by molar-refractivity contribution is -0.145. The monoisotopic (exact) mass is 737 g/mol. The van der Waals surface area contributed by atoms with E-state index in [0.717, 1.165) is 50.5 Å². The Balaban J connectivity index is 1.13. The lowest BCUT2D eigenvalue weighted by atomic mass is 9.94. The van der Waals surface area contributed by atoms with Crippen LogP contribution in [0.4, 0.5) is 4.79 Å². The Morgan fingerprint density at radius 1 is 0.923 bits per heavy atom. The van der Waals surface area contributed by atoms with Crippen molar-refractivity contribution in [2.24, 2.45) is 11.8 Å². The molecule has 0 unspecified atom stereocenters. The average molecular weight is 738 g/mol. The van der Waals surface area contributed by atoms with Crippen molar-refractivity contribution in [3.8, 4) is 0 Å². The van der Waals surface area contributed by atoms with Gasteiger partial charge in [-0.3, -0.25) is 23.9 Å². The second kappa shape index (κ2) is 15.2. The molecule has 282 valence electrons. The zero-order valence-electron chi connectivity index (χ0n) is 29.8. The van der Waals surface area contributed by atoms with Gasteiger partial charge >= 0.3 is 6.09 Å². The third kappa shape index (κ3) is 8.01. The van der Waals surface area contributed by atoms with E-state index < -0.39 is 62.7 Å². The topological polar surface area (TPSA) is 162 Å². The molecular weight excluding hydrogens is 687 g/mol.